The van der Waals surface area contributed by atoms with Crippen molar-refractivity contribution < 1.29 is 14.3 Å². The van der Waals surface area contributed by atoms with Crippen molar-refractivity contribution in [2.75, 3.05) is 32.8 Å². The molecule has 30 heavy (non-hydrogen) atoms. The van der Waals surface area contributed by atoms with Crippen molar-refractivity contribution in [2.45, 2.75) is 19.9 Å². The Morgan fingerprint density at radius 1 is 1.10 bits per heavy atom. The van der Waals surface area contributed by atoms with Crippen LogP contribution in [0.5, 0.6) is 5.75 Å². The Bertz CT molecular complexity index is 945. The standard InChI is InChI=1S/C24H29N3O3/c1-16-6-3-4-9-21(16)23-22-15-26(13-19(22)14-27(23)17(2)28)24(29)18-7-5-8-20(12-18)30-11-10-25/h3-9,12,19,22-23H,10-11,13-15,25H2,1-2H3/t19-,22-,23+/m1/s1. The highest BCUT2D eigenvalue weighted by Gasteiger charge is 2.49. The largest absolute Gasteiger partial charge is 0.492 e. The van der Waals surface area contributed by atoms with E-state index in [1.165, 1.54) is 11.1 Å². The van der Waals surface area contributed by atoms with Gasteiger partial charge in [-0.3, -0.25) is 9.59 Å². The summed E-state index contributed by atoms with van der Waals surface area (Å²) in [6.07, 6.45) is 0. The fourth-order valence-electron chi connectivity index (χ4n) is 4.93. The average molecular weight is 408 g/mol. The summed E-state index contributed by atoms with van der Waals surface area (Å²) in [4.78, 5) is 29.5. The molecule has 158 valence electrons. The van der Waals surface area contributed by atoms with Gasteiger partial charge in [0.15, 0.2) is 0 Å². The Hall–Kier alpha value is -2.86. The quantitative estimate of drug-likeness (QED) is 0.827. The van der Waals surface area contributed by atoms with Gasteiger partial charge in [-0.2, -0.15) is 0 Å². The maximum absolute atomic E-state index is 13.2. The molecule has 2 aliphatic rings. The van der Waals surface area contributed by atoms with Gasteiger partial charge in [0.05, 0.1) is 6.04 Å². The lowest BCUT2D eigenvalue weighted by molar-refractivity contribution is -0.130. The van der Waals surface area contributed by atoms with Crippen LogP contribution in [0.25, 0.3) is 0 Å². The van der Waals surface area contributed by atoms with Crippen LogP contribution in [0.3, 0.4) is 0 Å². The second kappa shape index (κ2) is 8.48. The number of fused-ring (bicyclic) bond motifs is 1. The van der Waals surface area contributed by atoms with Crippen molar-refractivity contribution in [1.82, 2.24) is 9.80 Å². The van der Waals surface area contributed by atoms with Crippen molar-refractivity contribution in [2.24, 2.45) is 17.6 Å². The van der Waals surface area contributed by atoms with E-state index >= 15 is 0 Å². The van der Waals surface area contributed by atoms with Gasteiger partial charge in [-0.25, -0.2) is 0 Å². The van der Waals surface area contributed by atoms with E-state index in [0.717, 1.165) is 0 Å². The van der Waals surface area contributed by atoms with Gasteiger partial charge < -0.3 is 20.3 Å². The molecule has 0 saturated carbocycles. The molecule has 0 aliphatic carbocycles. The van der Waals surface area contributed by atoms with E-state index in [4.69, 9.17) is 10.5 Å². The molecular formula is C24H29N3O3. The minimum atomic E-state index is 0.0144. The number of amides is 2. The normalized spacial score (nSPS) is 22.8. The van der Waals surface area contributed by atoms with Crippen LogP contribution in [-0.4, -0.2) is 54.4 Å². The first-order valence-electron chi connectivity index (χ1n) is 10.5. The Morgan fingerprint density at radius 3 is 2.63 bits per heavy atom. The Morgan fingerprint density at radius 2 is 1.90 bits per heavy atom. The smallest absolute Gasteiger partial charge is 0.254 e. The van der Waals surface area contributed by atoms with E-state index in [1.54, 1.807) is 13.0 Å². The van der Waals surface area contributed by atoms with Crippen molar-refractivity contribution in [3.63, 3.8) is 0 Å². The number of nitrogens with two attached hydrogens (primary N) is 1. The second-order valence-electron chi connectivity index (χ2n) is 8.27. The molecule has 0 spiro atoms. The minimum Gasteiger partial charge on any atom is -0.492 e. The first-order chi connectivity index (χ1) is 14.5. The van der Waals surface area contributed by atoms with Gasteiger partial charge in [0.1, 0.15) is 12.4 Å². The van der Waals surface area contributed by atoms with Crippen LogP contribution >= 0.6 is 0 Å². The molecule has 3 atom stereocenters. The Kier molecular flexibility index (Phi) is 5.77. The van der Waals surface area contributed by atoms with Crippen molar-refractivity contribution in [3.05, 3.63) is 65.2 Å². The molecule has 6 heteroatoms. The summed E-state index contributed by atoms with van der Waals surface area (Å²) in [5.74, 6) is 1.31. The molecule has 0 unspecified atom stereocenters. The molecule has 0 aromatic heterocycles. The van der Waals surface area contributed by atoms with Gasteiger partial charge in [-0.05, 0) is 36.2 Å². The lowest BCUT2D eigenvalue weighted by atomic mass is 9.87. The van der Waals surface area contributed by atoms with E-state index in [-0.39, 0.29) is 23.8 Å². The number of rotatable bonds is 5. The molecule has 2 aromatic rings. The van der Waals surface area contributed by atoms with E-state index in [2.05, 4.69) is 19.1 Å². The van der Waals surface area contributed by atoms with Gasteiger partial charge in [0, 0.05) is 50.5 Å². The van der Waals surface area contributed by atoms with Crippen LogP contribution in [0.2, 0.25) is 0 Å². The van der Waals surface area contributed by atoms with Crippen LogP contribution in [-0.2, 0) is 4.79 Å². The predicted octanol–water partition coefficient (Wildman–Crippen LogP) is 2.62. The maximum Gasteiger partial charge on any atom is 0.254 e. The Balaban J connectivity index is 1.55. The lowest BCUT2D eigenvalue weighted by Crippen LogP contribution is -2.36. The third-order valence-corrected chi connectivity index (χ3v) is 6.33. The maximum atomic E-state index is 13.2. The molecule has 2 fully saturated rings. The number of benzene rings is 2. The molecule has 0 radical (unpaired) electrons. The summed E-state index contributed by atoms with van der Waals surface area (Å²) in [6, 6.07) is 15.6. The molecular weight excluding hydrogens is 378 g/mol. The molecule has 2 aliphatic heterocycles. The third-order valence-electron chi connectivity index (χ3n) is 6.33. The average Bonchev–Trinajstić information content (AvgIpc) is 3.31. The van der Waals surface area contributed by atoms with Crippen LogP contribution in [0.4, 0.5) is 0 Å². The van der Waals surface area contributed by atoms with Gasteiger partial charge in [-0.15, -0.1) is 0 Å². The summed E-state index contributed by atoms with van der Waals surface area (Å²) in [7, 11) is 0. The molecule has 2 amide bonds. The SMILES string of the molecule is CC(=O)N1C[C@H]2CN(C(=O)c3cccc(OCCN)c3)C[C@H]2[C@@H]1c1ccccc1C. The minimum absolute atomic E-state index is 0.0144. The first kappa shape index (κ1) is 20.4. The first-order valence-corrected chi connectivity index (χ1v) is 10.5. The van der Waals surface area contributed by atoms with E-state index in [9.17, 15) is 9.59 Å². The number of nitrogens with zero attached hydrogens (tertiary/aromatic N) is 2. The number of aryl methyl sites for hydroxylation is 1. The van der Waals surface area contributed by atoms with Crippen LogP contribution in [0, 0.1) is 18.8 Å². The summed E-state index contributed by atoms with van der Waals surface area (Å²) in [5.41, 5.74) is 8.50. The third kappa shape index (κ3) is 3.79. The molecule has 4 rings (SSSR count). The number of ether oxygens (including phenoxy) is 1. The van der Waals surface area contributed by atoms with Crippen LogP contribution in [0.15, 0.2) is 48.5 Å². The zero-order valence-corrected chi connectivity index (χ0v) is 17.6. The summed E-state index contributed by atoms with van der Waals surface area (Å²) in [5, 5.41) is 0. The zero-order chi connectivity index (χ0) is 21.3. The Labute approximate surface area is 177 Å². The molecule has 0 bridgehead atoms. The second-order valence-corrected chi connectivity index (χ2v) is 8.27. The summed E-state index contributed by atoms with van der Waals surface area (Å²) >= 11 is 0. The number of likely N-dealkylation sites (tertiary alicyclic amines) is 2. The van der Waals surface area contributed by atoms with Gasteiger partial charge >= 0.3 is 0 Å². The summed E-state index contributed by atoms with van der Waals surface area (Å²) in [6.45, 7) is 6.60. The number of hydrogen-bond acceptors (Lipinski definition) is 4. The lowest BCUT2D eigenvalue weighted by Gasteiger charge is -2.30. The van der Waals surface area contributed by atoms with E-state index in [1.807, 2.05) is 40.1 Å². The fourth-order valence-corrected chi connectivity index (χ4v) is 4.93. The van der Waals surface area contributed by atoms with Crippen molar-refractivity contribution in [3.8, 4) is 5.75 Å². The zero-order valence-electron chi connectivity index (χ0n) is 17.6. The highest BCUT2D eigenvalue weighted by atomic mass is 16.5. The van der Waals surface area contributed by atoms with Gasteiger partial charge in [0.25, 0.3) is 5.91 Å². The fraction of sp³-hybridized carbons (Fsp3) is 0.417. The number of carbonyl (C=O) groups is 2. The van der Waals surface area contributed by atoms with E-state index < -0.39 is 0 Å². The highest BCUT2D eigenvalue weighted by molar-refractivity contribution is 5.95. The molecule has 2 aromatic carbocycles. The molecule has 2 saturated heterocycles. The molecule has 2 N–H and O–H groups in total. The topological polar surface area (TPSA) is 75.9 Å². The number of hydrogen-bond donors (Lipinski definition) is 1. The highest BCUT2D eigenvalue weighted by Crippen LogP contribution is 2.46. The molecule has 6 nitrogen and oxygen atoms in total. The van der Waals surface area contributed by atoms with Gasteiger partial charge in [-0.1, -0.05) is 30.3 Å². The monoisotopic (exact) mass is 407 g/mol. The molecule has 2 heterocycles. The number of carbonyl (C=O) groups excluding carboxylic acids is 2. The predicted molar refractivity (Wildman–Crippen MR) is 115 cm³/mol. The van der Waals surface area contributed by atoms with E-state index in [0.29, 0.717) is 50.0 Å². The van der Waals surface area contributed by atoms with Crippen molar-refractivity contribution >= 4 is 11.8 Å². The van der Waals surface area contributed by atoms with Crippen LogP contribution < -0.4 is 10.5 Å². The van der Waals surface area contributed by atoms with Crippen molar-refractivity contribution in [1.29, 1.82) is 0 Å². The van der Waals surface area contributed by atoms with Gasteiger partial charge in [0.2, 0.25) is 5.91 Å². The van der Waals surface area contributed by atoms with Crippen LogP contribution in [0.1, 0.15) is 34.5 Å². The summed E-state index contributed by atoms with van der Waals surface area (Å²) < 4.78 is 5.57.